The summed E-state index contributed by atoms with van der Waals surface area (Å²) < 4.78 is 4.89. The number of rotatable bonds is 5. The molecule has 23 heavy (non-hydrogen) atoms. The standard InChI is InChI=1S/C16H20N4O3/c1-11-9-15(18-23-11)17-16(22)10-20(12(2)21)14-7-5-13(6-8-14)19(3)4/h5-9H,10H2,1-4H3,(H,17,18,22). The van der Waals surface area contributed by atoms with Crippen LogP contribution in [-0.4, -0.2) is 37.6 Å². The van der Waals surface area contributed by atoms with Gasteiger partial charge in [-0.1, -0.05) is 5.16 Å². The largest absolute Gasteiger partial charge is 0.378 e. The molecule has 0 aliphatic rings. The summed E-state index contributed by atoms with van der Waals surface area (Å²) in [5.41, 5.74) is 1.68. The van der Waals surface area contributed by atoms with Crippen LogP contribution in [0, 0.1) is 6.92 Å². The van der Waals surface area contributed by atoms with E-state index < -0.39 is 0 Å². The quantitative estimate of drug-likeness (QED) is 0.913. The molecule has 0 bridgehead atoms. The summed E-state index contributed by atoms with van der Waals surface area (Å²) in [5, 5.41) is 6.30. The van der Waals surface area contributed by atoms with E-state index in [2.05, 4.69) is 10.5 Å². The molecular formula is C16H20N4O3. The summed E-state index contributed by atoms with van der Waals surface area (Å²) in [6.07, 6.45) is 0. The lowest BCUT2D eigenvalue weighted by atomic mass is 10.2. The van der Waals surface area contributed by atoms with E-state index in [0.717, 1.165) is 5.69 Å². The molecule has 122 valence electrons. The van der Waals surface area contributed by atoms with Gasteiger partial charge in [0.15, 0.2) is 5.82 Å². The molecular weight excluding hydrogens is 296 g/mol. The third kappa shape index (κ3) is 4.32. The molecule has 1 aromatic heterocycles. The minimum atomic E-state index is -0.342. The second-order valence-electron chi connectivity index (χ2n) is 5.39. The van der Waals surface area contributed by atoms with Crippen molar-refractivity contribution in [2.75, 3.05) is 35.8 Å². The first kappa shape index (κ1) is 16.5. The molecule has 7 heteroatoms. The molecule has 0 fully saturated rings. The molecule has 1 N–H and O–H groups in total. The number of carbonyl (C=O) groups is 2. The highest BCUT2D eigenvalue weighted by Crippen LogP contribution is 2.20. The van der Waals surface area contributed by atoms with Gasteiger partial charge in [0.1, 0.15) is 12.3 Å². The molecule has 0 saturated carbocycles. The van der Waals surface area contributed by atoms with Crippen LogP contribution < -0.4 is 15.1 Å². The maximum Gasteiger partial charge on any atom is 0.245 e. The van der Waals surface area contributed by atoms with Crippen LogP contribution in [0.3, 0.4) is 0 Å². The van der Waals surface area contributed by atoms with Gasteiger partial charge in [-0.3, -0.25) is 9.59 Å². The third-order valence-electron chi connectivity index (χ3n) is 3.26. The van der Waals surface area contributed by atoms with E-state index >= 15 is 0 Å². The molecule has 0 radical (unpaired) electrons. The number of hydrogen-bond acceptors (Lipinski definition) is 5. The van der Waals surface area contributed by atoms with E-state index in [9.17, 15) is 9.59 Å². The summed E-state index contributed by atoms with van der Waals surface area (Å²) in [6, 6.07) is 9.02. The van der Waals surface area contributed by atoms with Crippen molar-refractivity contribution in [2.24, 2.45) is 0 Å². The monoisotopic (exact) mass is 316 g/mol. The predicted octanol–water partition coefficient (Wildman–Crippen LogP) is 2.04. The number of nitrogens with zero attached hydrogens (tertiary/aromatic N) is 3. The molecule has 2 aromatic rings. The third-order valence-corrected chi connectivity index (χ3v) is 3.26. The normalized spacial score (nSPS) is 10.3. The van der Waals surface area contributed by atoms with E-state index in [-0.39, 0.29) is 18.4 Å². The zero-order chi connectivity index (χ0) is 17.0. The second-order valence-corrected chi connectivity index (χ2v) is 5.39. The van der Waals surface area contributed by atoms with Crippen molar-refractivity contribution in [3.8, 4) is 0 Å². The fourth-order valence-electron chi connectivity index (χ4n) is 2.07. The summed E-state index contributed by atoms with van der Waals surface area (Å²) in [7, 11) is 3.87. The number of nitrogens with one attached hydrogen (secondary N) is 1. The van der Waals surface area contributed by atoms with Crippen LogP contribution >= 0.6 is 0 Å². The van der Waals surface area contributed by atoms with Gasteiger partial charge in [0, 0.05) is 38.5 Å². The van der Waals surface area contributed by atoms with Gasteiger partial charge in [0.25, 0.3) is 0 Å². The van der Waals surface area contributed by atoms with Crippen LogP contribution in [0.2, 0.25) is 0 Å². The van der Waals surface area contributed by atoms with Crippen LogP contribution in [0.15, 0.2) is 34.9 Å². The van der Waals surface area contributed by atoms with E-state index in [4.69, 9.17) is 4.52 Å². The summed E-state index contributed by atoms with van der Waals surface area (Å²) in [6.45, 7) is 3.06. The highest BCUT2D eigenvalue weighted by Gasteiger charge is 2.17. The van der Waals surface area contributed by atoms with Crippen LogP contribution in [0.1, 0.15) is 12.7 Å². The SMILES string of the molecule is CC(=O)N(CC(=O)Nc1cc(C)on1)c1ccc(N(C)C)cc1. The molecule has 1 aromatic carbocycles. The van der Waals surface area contributed by atoms with Crippen molar-refractivity contribution < 1.29 is 14.1 Å². The van der Waals surface area contributed by atoms with Gasteiger partial charge in [-0.05, 0) is 31.2 Å². The highest BCUT2D eigenvalue weighted by molar-refractivity contribution is 6.01. The molecule has 0 atom stereocenters. The van der Waals surface area contributed by atoms with Gasteiger partial charge in [-0.25, -0.2) is 0 Å². The molecule has 1 heterocycles. The highest BCUT2D eigenvalue weighted by atomic mass is 16.5. The van der Waals surface area contributed by atoms with Gasteiger partial charge in [-0.15, -0.1) is 0 Å². The van der Waals surface area contributed by atoms with Gasteiger partial charge in [0.2, 0.25) is 11.8 Å². The smallest absolute Gasteiger partial charge is 0.245 e. The Balaban J connectivity index is 2.09. The maximum atomic E-state index is 12.1. The Morgan fingerprint density at radius 1 is 1.17 bits per heavy atom. The summed E-state index contributed by atoms with van der Waals surface area (Å²) >= 11 is 0. The van der Waals surface area contributed by atoms with Gasteiger partial charge < -0.3 is 19.6 Å². The number of aryl methyl sites for hydroxylation is 1. The van der Waals surface area contributed by atoms with E-state index in [0.29, 0.717) is 17.3 Å². The van der Waals surface area contributed by atoms with Gasteiger partial charge >= 0.3 is 0 Å². The molecule has 0 spiro atoms. The lowest BCUT2D eigenvalue weighted by Crippen LogP contribution is -2.36. The number of aromatic nitrogens is 1. The van der Waals surface area contributed by atoms with Crippen molar-refractivity contribution in [1.29, 1.82) is 0 Å². The number of amides is 2. The predicted molar refractivity (Wildman–Crippen MR) is 88.7 cm³/mol. The first-order valence-electron chi connectivity index (χ1n) is 7.15. The van der Waals surface area contributed by atoms with E-state index in [1.807, 2.05) is 43.3 Å². The Morgan fingerprint density at radius 2 is 1.78 bits per heavy atom. The van der Waals surface area contributed by atoms with Gasteiger partial charge in [0.05, 0.1) is 0 Å². The van der Waals surface area contributed by atoms with E-state index in [1.54, 1.807) is 13.0 Å². The fraction of sp³-hybridized carbons (Fsp3) is 0.312. The molecule has 0 aliphatic heterocycles. The summed E-state index contributed by atoms with van der Waals surface area (Å²) in [4.78, 5) is 27.3. The Morgan fingerprint density at radius 3 is 2.26 bits per heavy atom. The second kappa shape index (κ2) is 6.95. The van der Waals surface area contributed by atoms with Crippen molar-refractivity contribution in [2.45, 2.75) is 13.8 Å². The molecule has 0 unspecified atom stereocenters. The average Bonchev–Trinajstić information content (AvgIpc) is 2.89. The maximum absolute atomic E-state index is 12.1. The Labute approximate surface area is 134 Å². The Bertz CT molecular complexity index is 692. The first-order chi connectivity index (χ1) is 10.9. The minimum Gasteiger partial charge on any atom is -0.378 e. The van der Waals surface area contributed by atoms with Crippen molar-refractivity contribution in [3.05, 3.63) is 36.1 Å². The van der Waals surface area contributed by atoms with Crippen molar-refractivity contribution in [3.63, 3.8) is 0 Å². The Hall–Kier alpha value is -2.83. The molecule has 2 amide bonds. The number of carbonyl (C=O) groups excluding carboxylic acids is 2. The van der Waals surface area contributed by atoms with Crippen LogP contribution in [-0.2, 0) is 9.59 Å². The fourth-order valence-corrected chi connectivity index (χ4v) is 2.07. The lowest BCUT2D eigenvalue weighted by molar-refractivity contribution is -0.120. The van der Waals surface area contributed by atoms with Crippen molar-refractivity contribution in [1.82, 2.24) is 5.16 Å². The molecule has 7 nitrogen and oxygen atoms in total. The average molecular weight is 316 g/mol. The zero-order valence-electron chi connectivity index (χ0n) is 13.7. The Kier molecular flexibility index (Phi) is 5.00. The molecule has 0 aliphatic carbocycles. The van der Waals surface area contributed by atoms with Crippen LogP contribution in [0.5, 0.6) is 0 Å². The van der Waals surface area contributed by atoms with Crippen LogP contribution in [0.25, 0.3) is 0 Å². The zero-order valence-corrected chi connectivity index (χ0v) is 13.7. The van der Waals surface area contributed by atoms with E-state index in [1.165, 1.54) is 11.8 Å². The number of benzene rings is 1. The first-order valence-corrected chi connectivity index (χ1v) is 7.15. The minimum absolute atomic E-state index is 0.0947. The molecule has 0 saturated heterocycles. The number of hydrogen-bond donors (Lipinski definition) is 1. The number of anilines is 3. The topological polar surface area (TPSA) is 78.7 Å². The van der Waals surface area contributed by atoms with Crippen LogP contribution in [0.4, 0.5) is 17.2 Å². The lowest BCUT2D eigenvalue weighted by Gasteiger charge is -2.21. The molecule has 2 rings (SSSR count). The van der Waals surface area contributed by atoms with Crippen molar-refractivity contribution >= 4 is 29.0 Å². The van der Waals surface area contributed by atoms with Gasteiger partial charge in [-0.2, -0.15) is 0 Å². The summed E-state index contributed by atoms with van der Waals surface area (Å²) in [5.74, 6) is 0.376.